The third-order valence-corrected chi connectivity index (χ3v) is 4.92. The van der Waals surface area contributed by atoms with Crippen molar-refractivity contribution >= 4 is 5.91 Å². The molecule has 0 unspecified atom stereocenters. The molecule has 1 amide bonds. The van der Waals surface area contributed by atoms with E-state index < -0.39 is 5.82 Å². The van der Waals surface area contributed by atoms with Crippen LogP contribution in [0.15, 0.2) is 12.3 Å². The first-order valence-corrected chi connectivity index (χ1v) is 8.19. The van der Waals surface area contributed by atoms with E-state index in [1.807, 2.05) is 0 Å². The summed E-state index contributed by atoms with van der Waals surface area (Å²) in [7, 11) is 1.61. The van der Waals surface area contributed by atoms with Crippen LogP contribution >= 0.6 is 0 Å². The number of amides is 1. The number of likely N-dealkylation sites (tertiary alicyclic amines) is 1. The highest BCUT2D eigenvalue weighted by molar-refractivity contribution is 5.92. The van der Waals surface area contributed by atoms with Crippen molar-refractivity contribution in [2.75, 3.05) is 20.2 Å². The van der Waals surface area contributed by atoms with Gasteiger partial charge in [-0.05, 0) is 24.7 Å². The zero-order chi connectivity index (χ0) is 16.7. The minimum absolute atomic E-state index is 0.114. The van der Waals surface area contributed by atoms with Crippen LogP contribution in [-0.4, -0.2) is 51.2 Å². The monoisotopic (exact) mass is 333 g/mol. The first-order chi connectivity index (χ1) is 11.7. The number of aromatic nitrogens is 4. The van der Waals surface area contributed by atoms with E-state index in [0.717, 1.165) is 5.82 Å². The van der Waals surface area contributed by atoms with Crippen molar-refractivity contribution in [1.82, 2.24) is 25.1 Å². The zero-order valence-corrected chi connectivity index (χ0v) is 13.5. The molecule has 8 heteroatoms. The molecule has 0 radical (unpaired) electrons. The lowest BCUT2D eigenvalue weighted by molar-refractivity contribution is 0.0779. The molecule has 1 aliphatic heterocycles. The van der Waals surface area contributed by atoms with Gasteiger partial charge in [0.2, 0.25) is 0 Å². The van der Waals surface area contributed by atoms with Crippen LogP contribution in [0.25, 0.3) is 0 Å². The molecule has 1 aliphatic carbocycles. The molecule has 24 heavy (non-hydrogen) atoms. The number of rotatable bonds is 5. The summed E-state index contributed by atoms with van der Waals surface area (Å²) in [5, 5.41) is 7.22. The van der Waals surface area contributed by atoms with Crippen LogP contribution in [0, 0.1) is 17.7 Å². The number of hydrogen-bond acceptors (Lipinski definition) is 4. The lowest BCUT2D eigenvalue weighted by Crippen LogP contribution is -2.29. The van der Waals surface area contributed by atoms with Crippen LogP contribution in [0.3, 0.4) is 0 Å². The fourth-order valence-corrected chi connectivity index (χ4v) is 3.61. The maximum absolute atomic E-state index is 13.2. The van der Waals surface area contributed by atoms with E-state index in [-0.39, 0.29) is 17.5 Å². The molecule has 7 nitrogen and oxygen atoms in total. The van der Waals surface area contributed by atoms with Crippen molar-refractivity contribution in [3.8, 4) is 0 Å². The van der Waals surface area contributed by atoms with Crippen molar-refractivity contribution in [2.45, 2.75) is 25.4 Å². The molecule has 2 N–H and O–H groups in total. The highest BCUT2D eigenvalue weighted by atomic mass is 19.1. The Morgan fingerprint density at radius 1 is 1.46 bits per heavy atom. The Balaban J connectivity index is 1.54. The van der Waals surface area contributed by atoms with Crippen LogP contribution in [-0.2, 0) is 11.3 Å². The summed E-state index contributed by atoms with van der Waals surface area (Å²) in [4.78, 5) is 21.6. The number of aromatic amines is 2. The van der Waals surface area contributed by atoms with Gasteiger partial charge in [0.15, 0.2) is 11.6 Å². The van der Waals surface area contributed by atoms with Crippen LogP contribution in [0.2, 0.25) is 0 Å². The Morgan fingerprint density at radius 2 is 2.29 bits per heavy atom. The summed E-state index contributed by atoms with van der Waals surface area (Å²) in [6.07, 6.45) is 3.58. The number of carbonyl (C=O) groups excluding carboxylic acids is 1. The van der Waals surface area contributed by atoms with Crippen molar-refractivity contribution in [3.63, 3.8) is 0 Å². The Bertz CT molecular complexity index is 738. The molecule has 2 aromatic heterocycles. The van der Waals surface area contributed by atoms with E-state index in [1.165, 1.54) is 25.1 Å². The standard InChI is InChI=1S/C16H20FN5O2/c1-24-8-14-19-15(21-20-14)12-7-22(6-11(12)9-2-3-9)16(23)13-4-10(17)5-18-13/h4-5,9,11-12,18H,2-3,6-8H2,1H3,(H,19,20,21)/t11-,12+/m1/s1. The van der Waals surface area contributed by atoms with Gasteiger partial charge >= 0.3 is 0 Å². The predicted molar refractivity (Wildman–Crippen MR) is 82.7 cm³/mol. The normalized spacial score (nSPS) is 23.8. The highest BCUT2D eigenvalue weighted by Gasteiger charge is 2.46. The number of methoxy groups -OCH3 is 1. The number of nitrogens with one attached hydrogen (secondary N) is 2. The maximum Gasteiger partial charge on any atom is 0.270 e. The maximum atomic E-state index is 13.2. The molecule has 0 aromatic carbocycles. The summed E-state index contributed by atoms with van der Waals surface area (Å²) in [6, 6.07) is 1.24. The van der Waals surface area contributed by atoms with Gasteiger partial charge < -0.3 is 14.6 Å². The van der Waals surface area contributed by atoms with Gasteiger partial charge in [-0.2, -0.15) is 5.10 Å². The number of halogens is 1. The SMILES string of the molecule is COCc1nc([C@H]2CN(C(=O)c3cc(F)c[nH]3)C[C@@H]2C2CC2)n[nH]1. The Hall–Kier alpha value is -2.22. The molecular weight excluding hydrogens is 313 g/mol. The van der Waals surface area contributed by atoms with E-state index in [4.69, 9.17) is 4.74 Å². The number of carbonyl (C=O) groups is 1. The summed E-state index contributed by atoms with van der Waals surface area (Å²) >= 11 is 0. The second-order valence-corrected chi connectivity index (χ2v) is 6.62. The van der Waals surface area contributed by atoms with E-state index in [0.29, 0.717) is 37.4 Å². The first-order valence-electron chi connectivity index (χ1n) is 8.19. The fraction of sp³-hybridized carbons (Fsp3) is 0.562. The van der Waals surface area contributed by atoms with Crippen molar-refractivity contribution in [1.29, 1.82) is 0 Å². The number of H-pyrrole nitrogens is 2. The molecule has 1 saturated heterocycles. The number of hydrogen-bond donors (Lipinski definition) is 2. The molecular formula is C16H20FN5O2. The summed E-state index contributed by atoms with van der Waals surface area (Å²) in [6.45, 7) is 1.62. The lowest BCUT2D eigenvalue weighted by Gasteiger charge is -2.15. The summed E-state index contributed by atoms with van der Waals surface area (Å²) in [5.74, 6) is 1.94. The Kier molecular flexibility index (Phi) is 3.84. The van der Waals surface area contributed by atoms with Gasteiger partial charge in [-0.15, -0.1) is 0 Å². The number of ether oxygens (including phenoxy) is 1. The third-order valence-electron chi connectivity index (χ3n) is 4.92. The van der Waals surface area contributed by atoms with Crippen LogP contribution in [0.5, 0.6) is 0 Å². The van der Waals surface area contributed by atoms with Gasteiger partial charge in [0, 0.05) is 38.4 Å². The van der Waals surface area contributed by atoms with Crippen molar-refractivity contribution in [3.05, 3.63) is 35.4 Å². The molecule has 0 bridgehead atoms. The molecule has 1 saturated carbocycles. The molecule has 0 spiro atoms. The van der Waals surface area contributed by atoms with Gasteiger partial charge in [-0.1, -0.05) is 0 Å². The molecule has 2 aliphatic rings. The van der Waals surface area contributed by atoms with Crippen LogP contribution < -0.4 is 0 Å². The predicted octanol–water partition coefficient (Wildman–Crippen LogP) is 1.68. The van der Waals surface area contributed by atoms with Crippen LogP contribution in [0.4, 0.5) is 4.39 Å². The summed E-state index contributed by atoms with van der Waals surface area (Å²) in [5.41, 5.74) is 0.290. The minimum atomic E-state index is -0.425. The fourth-order valence-electron chi connectivity index (χ4n) is 3.61. The van der Waals surface area contributed by atoms with Gasteiger partial charge in [0.25, 0.3) is 5.91 Å². The second-order valence-electron chi connectivity index (χ2n) is 6.62. The molecule has 2 aromatic rings. The highest BCUT2D eigenvalue weighted by Crippen LogP contribution is 2.47. The molecule has 4 rings (SSSR count). The Morgan fingerprint density at radius 3 is 2.96 bits per heavy atom. The number of nitrogens with zero attached hydrogens (tertiary/aromatic N) is 3. The Labute approximate surface area is 138 Å². The topological polar surface area (TPSA) is 86.9 Å². The molecule has 128 valence electrons. The van der Waals surface area contributed by atoms with Crippen LogP contribution in [0.1, 0.15) is 40.9 Å². The van der Waals surface area contributed by atoms with E-state index in [9.17, 15) is 9.18 Å². The van der Waals surface area contributed by atoms with Gasteiger partial charge in [0.05, 0.1) is 0 Å². The quantitative estimate of drug-likeness (QED) is 0.872. The van der Waals surface area contributed by atoms with Crippen molar-refractivity contribution in [2.24, 2.45) is 11.8 Å². The van der Waals surface area contributed by atoms with Gasteiger partial charge in [-0.3, -0.25) is 9.89 Å². The zero-order valence-electron chi connectivity index (χ0n) is 13.5. The smallest absolute Gasteiger partial charge is 0.270 e. The van der Waals surface area contributed by atoms with Crippen molar-refractivity contribution < 1.29 is 13.9 Å². The van der Waals surface area contributed by atoms with Gasteiger partial charge in [-0.25, -0.2) is 9.37 Å². The average molecular weight is 333 g/mol. The second kappa shape index (κ2) is 6.01. The van der Waals surface area contributed by atoms with Gasteiger partial charge in [0.1, 0.15) is 18.1 Å². The summed E-state index contributed by atoms with van der Waals surface area (Å²) < 4.78 is 18.2. The van der Waals surface area contributed by atoms with E-state index in [2.05, 4.69) is 20.2 Å². The molecule has 2 fully saturated rings. The lowest BCUT2D eigenvalue weighted by atomic mass is 9.91. The first kappa shape index (κ1) is 15.3. The molecule has 3 heterocycles. The largest absolute Gasteiger partial charge is 0.377 e. The third kappa shape index (κ3) is 2.82. The average Bonchev–Trinajstić information content (AvgIpc) is 2.99. The van der Waals surface area contributed by atoms with E-state index in [1.54, 1.807) is 12.0 Å². The molecule has 2 atom stereocenters. The minimum Gasteiger partial charge on any atom is -0.377 e. The van der Waals surface area contributed by atoms with E-state index >= 15 is 0 Å².